The molecule has 138 valence electrons. The second-order valence-electron chi connectivity index (χ2n) is 4.95. The fourth-order valence-corrected chi connectivity index (χ4v) is 3.34. The van der Waals surface area contributed by atoms with Crippen molar-refractivity contribution in [3.63, 3.8) is 0 Å². The normalized spacial score (nSPS) is 15.5. The number of ether oxygens (including phenoxy) is 2. The standard InChI is InChI=1S/C16H14BrNO7S/c1-2-24-14(21)8-25-11-4-3-9(5-10(11)17)6-12-15(22)18(7-13(19)20)16(23)26-12/h3-6H,2,7-8H2,1H3,(H,19,20)/b12-6+. The highest BCUT2D eigenvalue weighted by Crippen LogP contribution is 2.33. The van der Waals surface area contributed by atoms with E-state index in [4.69, 9.17) is 14.6 Å². The lowest BCUT2D eigenvalue weighted by Crippen LogP contribution is -2.33. The van der Waals surface area contributed by atoms with Crippen molar-refractivity contribution in [2.45, 2.75) is 6.92 Å². The number of carboxylic acids is 1. The molecule has 0 radical (unpaired) electrons. The number of hydrogen-bond donors (Lipinski definition) is 1. The average Bonchev–Trinajstić information content (AvgIpc) is 2.81. The number of thioether (sulfide) groups is 1. The van der Waals surface area contributed by atoms with E-state index in [-0.39, 0.29) is 18.1 Å². The van der Waals surface area contributed by atoms with E-state index in [1.807, 2.05) is 0 Å². The Bertz CT molecular complexity index is 793. The van der Waals surface area contributed by atoms with Crippen molar-refractivity contribution in [1.29, 1.82) is 0 Å². The van der Waals surface area contributed by atoms with Crippen LogP contribution in [0.25, 0.3) is 6.08 Å². The van der Waals surface area contributed by atoms with Gasteiger partial charge in [-0.2, -0.15) is 0 Å². The maximum absolute atomic E-state index is 12.1. The fourth-order valence-electron chi connectivity index (χ4n) is 1.99. The molecule has 0 atom stereocenters. The van der Waals surface area contributed by atoms with Crippen LogP contribution < -0.4 is 4.74 Å². The van der Waals surface area contributed by atoms with Crippen molar-refractivity contribution >= 4 is 56.9 Å². The third-order valence-corrected chi connectivity index (χ3v) is 4.60. The van der Waals surface area contributed by atoms with Crippen LogP contribution in [0.4, 0.5) is 4.79 Å². The van der Waals surface area contributed by atoms with Crippen LogP contribution in [-0.4, -0.2) is 52.8 Å². The molecule has 1 aromatic carbocycles. The van der Waals surface area contributed by atoms with E-state index in [1.54, 1.807) is 25.1 Å². The number of hydrogen-bond acceptors (Lipinski definition) is 7. The SMILES string of the molecule is CCOC(=O)COc1ccc(/C=C2/SC(=O)N(CC(=O)O)C2=O)cc1Br. The number of esters is 1. The Morgan fingerprint density at radius 1 is 1.35 bits per heavy atom. The van der Waals surface area contributed by atoms with Crippen LogP contribution in [0.5, 0.6) is 5.75 Å². The number of nitrogens with zero attached hydrogens (tertiary/aromatic N) is 1. The lowest BCUT2D eigenvalue weighted by Gasteiger charge is -2.09. The number of imide groups is 1. The minimum absolute atomic E-state index is 0.128. The van der Waals surface area contributed by atoms with Gasteiger partial charge in [0.15, 0.2) is 6.61 Å². The van der Waals surface area contributed by atoms with E-state index in [1.165, 1.54) is 6.08 Å². The van der Waals surface area contributed by atoms with E-state index in [0.717, 1.165) is 0 Å². The highest BCUT2D eigenvalue weighted by molar-refractivity contribution is 9.10. The molecule has 0 saturated carbocycles. The molecule has 1 aliphatic rings. The number of rotatable bonds is 7. The van der Waals surface area contributed by atoms with Gasteiger partial charge in [-0.1, -0.05) is 6.07 Å². The molecule has 1 fully saturated rings. The number of benzene rings is 1. The molecular weight excluding hydrogens is 430 g/mol. The van der Waals surface area contributed by atoms with Gasteiger partial charge in [-0.15, -0.1) is 0 Å². The average molecular weight is 444 g/mol. The maximum Gasteiger partial charge on any atom is 0.344 e. The second-order valence-corrected chi connectivity index (χ2v) is 6.79. The zero-order chi connectivity index (χ0) is 19.3. The molecule has 1 heterocycles. The summed E-state index contributed by atoms with van der Waals surface area (Å²) in [5.41, 5.74) is 0.598. The number of halogens is 1. The van der Waals surface area contributed by atoms with E-state index < -0.39 is 29.6 Å². The van der Waals surface area contributed by atoms with Crippen LogP contribution in [-0.2, 0) is 19.1 Å². The zero-order valence-electron chi connectivity index (χ0n) is 13.6. The molecule has 0 spiro atoms. The first-order valence-electron chi connectivity index (χ1n) is 7.37. The molecule has 0 aliphatic carbocycles. The number of amides is 2. The van der Waals surface area contributed by atoms with Gasteiger partial charge in [0.2, 0.25) is 0 Å². The number of aliphatic carboxylic acids is 1. The first-order valence-corrected chi connectivity index (χ1v) is 8.98. The van der Waals surface area contributed by atoms with E-state index in [2.05, 4.69) is 15.9 Å². The Labute approximate surface area is 161 Å². The number of carboxylic acid groups (broad SMARTS) is 1. The van der Waals surface area contributed by atoms with Crippen molar-refractivity contribution < 1.29 is 33.8 Å². The first-order chi connectivity index (χ1) is 12.3. The summed E-state index contributed by atoms with van der Waals surface area (Å²) in [6.45, 7) is 1.05. The summed E-state index contributed by atoms with van der Waals surface area (Å²) < 4.78 is 10.6. The van der Waals surface area contributed by atoms with Gasteiger partial charge in [-0.05, 0) is 58.4 Å². The molecular formula is C16H14BrNO7S. The van der Waals surface area contributed by atoms with Crippen molar-refractivity contribution in [3.8, 4) is 5.75 Å². The predicted octanol–water partition coefficient (Wildman–Crippen LogP) is 2.51. The van der Waals surface area contributed by atoms with Crippen molar-refractivity contribution in [2.24, 2.45) is 0 Å². The van der Waals surface area contributed by atoms with Crippen LogP contribution >= 0.6 is 27.7 Å². The fraction of sp³-hybridized carbons (Fsp3) is 0.250. The van der Waals surface area contributed by atoms with Gasteiger partial charge >= 0.3 is 11.9 Å². The topological polar surface area (TPSA) is 110 Å². The summed E-state index contributed by atoms with van der Waals surface area (Å²) in [4.78, 5) is 46.7. The van der Waals surface area contributed by atoms with Crippen molar-refractivity contribution in [1.82, 2.24) is 4.90 Å². The smallest absolute Gasteiger partial charge is 0.344 e. The molecule has 0 bridgehead atoms. The third-order valence-electron chi connectivity index (χ3n) is 3.07. The summed E-state index contributed by atoms with van der Waals surface area (Å²) in [6, 6.07) is 4.87. The number of carbonyl (C=O) groups is 4. The van der Waals surface area contributed by atoms with Crippen LogP contribution in [0.3, 0.4) is 0 Å². The molecule has 1 aromatic rings. The van der Waals surface area contributed by atoms with Crippen LogP contribution in [0.2, 0.25) is 0 Å². The zero-order valence-corrected chi connectivity index (χ0v) is 16.0. The third kappa shape index (κ3) is 5.09. The molecule has 1 aliphatic heterocycles. The van der Waals surface area contributed by atoms with Gasteiger partial charge in [-0.3, -0.25) is 19.3 Å². The van der Waals surface area contributed by atoms with Gasteiger partial charge in [0.25, 0.3) is 11.1 Å². The van der Waals surface area contributed by atoms with Crippen LogP contribution in [0, 0.1) is 0 Å². The lowest BCUT2D eigenvalue weighted by atomic mass is 10.2. The van der Waals surface area contributed by atoms with Gasteiger partial charge in [0, 0.05) is 0 Å². The number of carbonyl (C=O) groups excluding carboxylic acids is 3. The van der Waals surface area contributed by atoms with Crippen LogP contribution in [0.15, 0.2) is 27.6 Å². The molecule has 1 saturated heterocycles. The molecule has 2 amide bonds. The largest absolute Gasteiger partial charge is 0.481 e. The van der Waals surface area contributed by atoms with Gasteiger partial charge in [0.05, 0.1) is 16.0 Å². The Kier molecular flexibility index (Phi) is 6.81. The van der Waals surface area contributed by atoms with E-state index in [9.17, 15) is 19.2 Å². The molecule has 0 aromatic heterocycles. The highest BCUT2D eigenvalue weighted by Gasteiger charge is 2.36. The molecule has 8 nitrogen and oxygen atoms in total. The minimum atomic E-state index is -1.26. The molecule has 1 N–H and O–H groups in total. The maximum atomic E-state index is 12.1. The quantitative estimate of drug-likeness (QED) is 0.505. The first kappa shape index (κ1) is 20.0. The van der Waals surface area contributed by atoms with Crippen molar-refractivity contribution in [3.05, 3.63) is 33.1 Å². The van der Waals surface area contributed by atoms with Gasteiger partial charge in [0.1, 0.15) is 12.3 Å². The molecule has 10 heteroatoms. The molecule has 0 unspecified atom stereocenters. The molecule has 26 heavy (non-hydrogen) atoms. The second kappa shape index (κ2) is 8.86. The Morgan fingerprint density at radius 3 is 2.69 bits per heavy atom. The summed E-state index contributed by atoms with van der Waals surface area (Å²) in [7, 11) is 0. The summed E-state index contributed by atoms with van der Waals surface area (Å²) in [6.07, 6.45) is 1.48. The summed E-state index contributed by atoms with van der Waals surface area (Å²) >= 11 is 3.98. The summed E-state index contributed by atoms with van der Waals surface area (Å²) in [5, 5.41) is 8.12. The van der Waals surface area contributed by atoms with E-state index >= 15 is 0 Å². The van der Waals surface area contributed by atoms with Gasteiger partial charge < -0.3 is 14.6 Å². The Morgan fingerprint density at radius 2 is 2.08 bits per heavy atom. The van der Waals surface area contributed by atoms with Crippen LogP contribution in [0.1, 0.15) is 12.5 Å². The lowest BCUT2D eigenvalue weighted by molar-refractivity contribution is -0.145. The minimum Gasteiger partial charge on any atom is -0.481 e. The summed E-state index contributed by atoms with van der Waals surface area (Å²) in [5.74, 6) is -2.00. The van der Waals surface area contributed by atoms with Gasteiger partial charge in [-0.25, -0.2) is 4.79 Å². The Hall–Kier alpha value is -2.33. The monoisotopic (exact) mass is 443 g/mol. The highest BCUT2D eigenvalue weighted by atomic mass is 79.9. The molecule has 2 rings (SSSR count). The van der Waals surface area contributed by atoms with E-state index in [0.29, 0.717) is 32.4 Å². The Balaban J connectivity index is 2.10. The predicted molar refractivity (Wildman–Crippen MR) is 96.6 cm³/mol. The van der Waals surface area contributed by atoms with Crippen molar-refractivity contribution in [2.75, 3.05) is 19.8 Å².